The predicted octanol–water partition coefficient (Wildman–Crippen LogP) is 3.34. The van der Waals surface area contributed by atoms with Crippen LogP contribution in [0.5, 0.6) is 11.5 Å². The number of nitrogens with one attached hydrogen (secondary N) is 1. The van der Waals surface area contributed by atoms with Crippen LogP contribution in [-0.4, -0.2) is 36.6 Å². The number of amides is 2. The Balaban J connectivity index is 1.33. The van der Waals surface area contributed by atoms with Gasteiger partial charge >= 0.3 is 0 Å². The second kappa shape index (κ2) is 7.21. The minimum atomic E-state index is -0.955. The summed E-state index contributed by atoms with van der Waals surface area (Å²) in [6, 6.07) is 6.42. The van der Waals surface area contributed by atoms with Crippen molar-refractivity contribution in [1.82, 2.24) is 4.98 Å². The first-order valence-electron chi connectivity index (χ1n) is 9.26. The average Bonchev–Trinajstić information content (AvgIpc) is 3.27. The van der Waals surface area contributed by atoms with Crippen LogP contribution in [-0.2, 0) is 9.59 Å². The van der Waals surface area contributed by atoms with E-state index >= 15 is 0 Å². The Morgan fingerprint density at radius 3 is 2.53 bits per heavy atom. The Kier molecular flexibility index (Phi) is 4.50. The van der Waals surface area contributed by atoms with Crippen molar-refractivity contribution >= 4 is 44.2 Å². The number of anilines is 2. The van der Waals surface area contributed by atoms with Gasteiger partial charge in [0, 0.05) is 30.4 Å². The van der Waals surface area contributed by atoms with Crippen LogP contribution in [0.15, 0.2) is 30.3 Å². The van der Waals surface area contributed by atoms with Crippen LogP contribution >= 0.6 is 11.3 Å². The van der Waals surface area contributed by atoms with E-state index < -0.39 is 29.4 Å². The number of aromatic nitrogens is 1. The number of rotatable bonds is 3. The molecule has 0 radical (unpaired) electrons. The molecule has 0 spiro atoms. The van der Waals surface area contributed by atoms with E-state index in [4.69, 9.17) is 9.47 Å². The summed E-state index contributed by atoms with van der Waals surface area (Å²) in [6.07, 6.45) is 0.240. The molecule has 3 heterocycles. The maximum Gasteiger partial charge on any atom is 0.239 e. The summed E-state index contributed by atoms with van der Waals surface area (Å²) in [4.78, 5) is 31.0. The second-order valence-electron chi connectivity index (χ2n) is 6.93. The van der Waals surface area contributed by atoms with Crippen molar-refractivity contribution in [2.45, 2.75) is 6.42 Å². The SMILES string of the molecule is O=C(Nc1nc2cc3c(cc2s1)OCCO3)C1CCN(c2cc(F)cc(F)c2)C1=O. The van der Waals surface area contributed by atoms with Gasteiger partial charge in [-0.15, -0.1) is 0 Å². The van der Waals surface area contributed by atoms with Crippen LogP contribution < -0.4 is 19.7 Å². The van der Waals surface area contributed by atoms with E-state index in [2.05, 4.69) is 10.3 Å². The van der Waals surface area contributed by atoms with Crippen molar-refractivity contribution in [3.63, 3.8) is 0 Å². The zero-order valence-corrected chi connectivity index (χ0v) is 16.3. The van der Waals surface area contributed by atoms with Crippen LogP contribution in [0.25, 0.3) is 10.2 Å². The van der Waals surface area contributed by atoms with E-state index in [0.717, 1.165) is 22.9 Å². The smallest absolute Gasteiger partial charge is 0.239 e. The number of hydrogen-bond acceptors (Lipinski definition) is 6. The average molecular weight is 431 g/mol. The summed E-state index contributed by atoms with van der Waals surface area (Å²) in [5.41, 5.74) is 0.743. The molecule has 0 saturated carbocycles. The number of carbonyl (C=O) groups is 2. The van der Waals surface area contributed by atoms with Crippen LogP contribution in [0, 0.1) is 17.6 Å². The fraction of sp³-hybridized carbons (Fsp3) is 0.250. The number of thiazole rings is 1. The number of ether oxygens (including phenoxy) is 2. The van der Waals surface area contributed by atoms with Crippen molar-refractivity contribution in [2.24, 2.45) is 5.92 Å². The Hall–Kier alpha value is -3.27. The molecule has 7 nitrogen and oxygen atoms in total. The molecule has 154 valence electrons. The fourth-order valence-corrected chi connectivity index (χ4v) is 4.46. The molecule has 2 aliphatic heterocycles. The van der Waals surface area contributed by atoms with Gasteiger partial charge < -0.3 is 19.7 Å². The molecule has 0 bridgehead atoms. The van der Waals surface area contributed by atoms with Crippen molar-refractivity contribution in [3.8, 4) is 11.5 Å². The lowest BCUT2D eigenvalue weighted by Gasteiger charge is -2.17. The van der Waals surface area contributed by atoms with E-state index in [1.165, 1.54) is 16.2 Å². The molecule has 10 heteroatoms. The number of hydrogen-bond donors (Lipinski definition) is 1. The molecule has 5 rings (SSSR count). The van der Waals surface area contributed by atoms with Gasteiger partial charge in [-0.3, -0.25) is 9.59 Å². The van der Waals surface area contributed by atoms with Gasteiger partial charge in [-0.25, -0.2) is 13.8 Å². The Morgan fingerprint density at radius 1 is 1.10 bits per heavy atom. The summed E-state index contributed by atoms with van der Waals surface area (Å²) in [6.45, 7) is 1.12. The number of nitrogens with zero attached hydrogens (tertiary/aromatic N) is 2. The Morgan fingerprint density at radius 2 is 1.80 bits per heavy atom. The molecule has 3 aromatic rings. The lowest BCUT2D eigenvalue weighted by molar-refractivity contribution is -0.129. The van der Waals surface area contributed by atoms with E-state index in [9.17, 15) is 18.4 Å². The van der Waals surface area contributed by atoms with Crippen LogP contribution in [0.1, 0.15) is 6.42 Å². The topological polar surface area (TPSA) is 80.8 Å². The van der Waals surface area contributed by atoms with Gasteiger partial charge in [-0.2, -0.15) is 0 Å². The lowest BCUT2D eigenvalue weighted by atomic mass is 10.1. The summed E-state index contributed by atoms with van der Waals surface area (Å²) in [5.74, 6) is -2.30. The molecule has 1 unspecified atom stereocenters. The van der Waals surface area contributed by atoms with Gasteiger partial charge in [0.15, 0.2) is 16.6 Å². The molecular weight excluding hydrogens is 416 g/mol. The first-order valence-corrected chi connectivity index (χ1v) is 10.1. The standard InChI is InChI=1S/C20H15F2N3O4S/c21-10-5-11(22)7-12(6-10)25-2-1-13(19(25)27)18(26)24-20-23-14-8-15-16(9-17(14)30-20)29-4-3-28-15/h5-9,13H,1-4H2,(H,23,24,26). The molecular formula is C20H15F2N3O4S. The third-order valence-corrected chi connectivity index (χ3v) is 5.90. The molecule has 2 aromatic carbocycles. The summed E-state index contributed by atoms with van der Waals surface area (Å²) in [7, 11) is 0. The third kappa shape index (κ3) is 3.32. The lowest BCUT2D eigenvalue weighted by Crippen LogP contribution is -2.33. The molecule has 2 aliphatic rings. The van der Waals surface area contributed by atoms with Crippen molar-refractivity contribution < 1.29 is 27.8 Å². The molecule has 30 heavy (non-hydrogen) atoms. The minimum Gasteiger partial charge on any atom is -0.486 e. The van der Waals surface area contributed by atoms with Gasteiger partial charge in [-0.1, -0.05) is 11.3 Å². The third-order valence-electron chi connectivity index (χ3n) is 4.96. The maximum absolute atomic E-state index is 13.5. The first-order chi connectivity index (χ1) is 14.5. The minimum absolute atomic E-state index is 0.0957. The number of carbonyl (C=O) groups excluding carboxylic acids is 2. The summed E-state index contributed by atoms with van der Waals surface area (Å²) < 4.78 is 38.9. The van der Waals surface area contributed by atoms with E-state index in [1.54, 1.807) is 12.1 Å². The van der Waals surface area contributed by atoms with Crippen molar-refractivity contribution in [2.75, 3.05) is 30.0 Å². The summed E-state index contributed by atoms with van der Waals surface area (Å²) in [5, 5.41) is 3.03. The van der Waals surface area contributed by atoms with Gasteiger partial charge in [0.05, 0.1) is 10.2 Å². The first kappa shape index (κ1) is 18.7. The van der Waals surface area contributed by atoms with Crippen LogP contribution in [0.2, 0.25) is 0 Å². The van der Waals surface area contributed by atoms with Gasteiger partial charge in [0.1, 0.15) is 30.8 Å². The monoisotopic (exact) mass is 431 g/mol. The highest BCUT2D eigenvalue weighted by Crippen LogP contribution is 2.38. The van der Waals surface area contributed by atoms with E-state index in [0.29, 0.717) is 35.4 Å². The van der Waals surface area contributed by atoms with E-state index in [-0.39, 0.29) is 18.7 Å². The Bertz CT molecular complexity index is 1120. The highest BCUT2D eigenvalue weighted by atomic mass is 32.1. The normalized spacial score (nSPS) is 18.1. The zero-order valence-electron chi connectivity index (χ0n) is 15.5. The predicted molar refractivity (Wildman–Crippen MR) is 106 cm³/mol. The van der Waals surface area contributed by atoms with Gasteiger partial charge in [0.25, 0.3) is 0 Å². The van der Waals surface area contributed by atoms with Gasteiger partial charge in [-0.05, 0) is 18.6 Å². The number of halogens is 2. The molecule has 1 atom stereocenters. The zero-order chi connectivity index (χ0) is 20.8. The highest BCUT2D eigenvalue weighted by molar-refractivity contribution is 7.22. The highest BCUT2D eigenvalue weighted by Gasteiger charge is 2.38. The van der Waals surface area contributed by atoms with Gasteiger partial charge in [0.2, 0.25) is 11.8 Å². The van der Waals surface area contributed by atoms with Crippen molar-refractivity contribution in [1.29, 1.82) is 0 Å². The fourth-order valence-electron chi connectivity index (χ4n) is 3.59. The van der Waals surface area contributed by atoms with Crippen LogP contribution in [0.3, 0.4) is 0 Å². The second-order valence-corrected chi connectivity index (χ2v) is 7.96. The molecule has 2 amide bonds. The maximum atomic E-state index is 13.5. The van der Waals surface area contributed by atoms with Crippen molar-refractivity contribution in [3.05, 3.63) is 42.0 Å². The van der Waals surface area contributed by atoms with Crippen LogP contribution in [0.4, 0.5) is 19.6 Å². The molecule has 1 N–H and O–H groups in total. The largest absolute Gasteiger partial charge is 0.486 e. The Labute approximate surface area is 173 Å². The summed E-state index contributed by atoms with van der Waals surface area (Å²) >= 11 is 1.26. The number of benzene rings is 2. The molecule has 1 fully saturated rings. The molecule has 1 aromatic heterocycles. The number of fused-ring (bicyclic) bond motifs is 2. The molecule has 1 saturated heterocycles. The quantitative estimate of drug-likeness (QED) is 0.644. The van der Waals surface area contributed by atoms with E-state index in [1.807, 2.05) is 0 Å². The molecule has 0 aliphatic carbocycles.